The molecule has 0 radical (unpaired) electrons. The van der Waals surface area contributed by atoms with E-state index >= 15 is 0 Å². The van der Waals surface area contributed by atoms with Crippen LogP contribution in [0.15, 0.2) is 12.1 Å². The molecule has 2 N–H and O–H groups in total. The monoisotopic (exact) mass is 292 g/mol. The van der Waals surface area contributed by atoms with Crippen LogP contribution in [0.1, 0.15) is 54.9 Å². The van der Waals surface area contributed by atoms with Crippen LogP contribution in [-0.2, 0) is 0 Å². The number of hydrogen-bond donors (Lipinski definition) is 1. The summed E-state index contributed by atoms with van der Waals surface area (Å²) >= 11 is 0. The van der Waals surface area contributed by atoms with Crippen molar-refractivity contribution in [2.45, 2.75) is 52.0 Å². The van der Waals surface area contributed by atoms with Crippen LogP contribution in [-0.4, -0.2) is 23.9 Å². The number of nitrogens with two attached hydrogens (primary N) is 1. The van der Waals surface area contributed by atoms with Crippen molar-refractivity contribution >= 4 is 11.6 Å². The van der Waals surface area contributed by atoms with E-state index in [1.807, 2.05) is 7.05 Å². The molecule has 0 atom stereocenters. The minimum Gasteiger partial charge on any atom is -0.398 e. The van der Waals surface area contributed by atoms with E-state index in [1.165, 1.54) is 25.3 Å². The van der Waals surface area contributed by atoms with Gasteiger partial charge in [-0.1, -0.05) is 13.3 Å². The number of nitrogen functional groups attached to an aromatic ring is 1. The number of amides is 1. The highest BCUT2D eigenvalue weighted by Crippen LogP contribution is 2.30. The van der Waals surface area contributed by atoms with Crippen molar-refractivity contribution in [3.63, 3.8) is 0 Å². The van der Waals surface area contributed by atoms with Gasteiger partial charge in [0.1, 0.15) is 5.82 Å². The van der Waals surface area contributed by atoms with Gasteiger partial charge in [0.25, 0.3) is 5.91 Å². The van der Waals surface area contributed by atoms with E-state index in [-0.39, 0.29) is 11.9 Å². The first-order valence-corrected chi connectivity index (χ1v) is 7.76. The lowest BCUT2D eigenvalue weighted by molar-refractivity contribution is 0.0674. The van der Waals surface area contributed by atoms with Gasteiger partial charge in [-0.3, -0.25) is 4.79 Å². The normalized spacial score (nSPS) is 22.1. The van der Waals surface area contributed by atoms with Gasteiger partial charge in [-0.25, -0.2) is 4.39 Å². The zero-order valence-electron chi connectivity index (χ0n) is 13.2. The highest BCUT2D eigenvalue weighted by molar-refractivity contribution is 5.95. The summed E-state index contributed by atoms with van der Waals surface area (Å²) in [5, 5.41) is 0. The van der Waals surface area contributed by atoms with Gasteiger partial charge < -0.3 is 10.6 Å². The first-order chi connectivity index (χ1) is 9.93. The molecule has 1 amide bonds. The molecule has 21 heavy (non-hydrogen) atoms. The van der Waals surface area contributed by atoms with Crippen molar-refractivity contribution < 1.29 is 9.18 Å². The van der Waals surface area contributed by atoms with Crippen LogP contribution >= 0.6 is 0 Å². The smallest absolute Gasteiger partial charge is 0.254 e. The van der Waals surface area contributed by atoms with Crippen molar-refractivity contribution in [1.82, 2.24) is 4.90 Å². The fourth-order valence-electron chi connectivity index (χ4n) is 3.13. The van der Waals surface area contributed by atoms with Crippen LogP contribution in [0.2, 0.25) is 0 Å². The lowest BCUT2D eigenvalue weighted by Gasteiger charge is -2.34. The molecule has 2 rings (SSSR count). The minimum atomic E-state index is -0.415. The third kappa shape index (κ3) is 3.36. The fourth-order valence-corrected chi connectivity index (χ4v) is 3.13. The molecular formula is C17H25FN2O. The van der Waals surface area contributed by atoms with Gasteiger partial charge in [0, 0.05) is 29.9 Å². The number of benzene rings is 1. The van der Waals surface area contributed by atoms with Gasteiger partial charge >= 0.3 is 0 Å². The van der Waals surface area contributed by atoms with E-state index in [0.717, 1.165) is 18.8 Å². The zero-order chi connectivity index (χ0) is 15.6. The Morgan fingerprint density at radius 1 is 1.33 bits per heavy atom. The number of halogens is 1. The summed E-state index contributed by atoms with van der Waals surface area (Å²) in [5.41, 5.74) is 6.84. The van der Waals surface area contributed by atoms with Crippen LogP contribution in [0.25, 0.3) is 0 Å². The number of rotatable bonds is 3. The second-order valence-corrected chi connectivity index (χ2v) is 6.17. The Bertz CT molecular complexity index is 499. The summed E-state index contributed by atoms with van der Waals surface area (Å²) in [6.07, 6.45) is 5.62. The van der Waals surface area contributed by atoms with Gasteiger partial charge in [0.2, 0.25) is 0 Å². The van der Waals surface area contributed by atoms with E-state index in [1.54, 1.807) is 17.9 Å². The number of carbonyl (C=O) groups is 1. The Labute approximate surface area is 126 Å². The number of hydrogen-bond acceptors (Lipinski definition) is 2. The second-order valence-electron chi connectivity index (χ2n) is 6.17. The predicted octanol–water partition coefficient (Wildman–Crippen LogP) is 3.76. The van der Waals surface area contributed by atoms with E-state index in [0.29, 0.717) is 16.8 Å². The maximum atomic E-state index is 13.8. The van der Waals surface area contributed by atoms with Crippen LogP contribution in [0.5, 0.6) is 0 Å². The molecule has 0 bridgehead atoms. The Balaban J connectivity index is 2.09. The van der Waals surface area contributed by atoms with E-state index in [4.69, 9.17) is 5.73 Å². The second kappa shape index (κ2) is 6.46. The summed E-state index contributed by atoms with van der Waals surface area (Å²) in [6, 6.07) is 3.13. The van der Waals surface area contributed by atoms with E-state index in [9.17, 15) is 9.18 Å². The van der Waals surface area contributed by atoms with Gasteiger partial charge in [0.15, 0.2) is 0 Å². The topological polar surface area (TPSA) is 46.3 Å². The molecule has 4 heteroatoms. The Hall–Kier alpha value is -1.58. The maximum Gasteiger partial charge on any atom is 0.254 e. The number of carbonyl (C=O) groups excluding carboxylic acids is 1. The van der Waals surface area contributed by atoms with Crippen molar-refractivity contribution in [2.75, 3.05) is 12.8 Å². The maximum absolute atomic E-state index is 13.8. The molecule has 1 aliphatic rings. The van der Waals surface area contributed by atoms with Crippen LogP contribution in [0.4, 0.5) is 10.1 Å². The summed E-state index contributed by atoms with van der Waals surface area (Å²) in [7, 11) is 1.81. The number of nitrogens with zero attached hydrogens (tertiary/aromatic N) is 1. The molecule has 0 heterocycles. The van der Waals surface area contributed by atoms with E-state index < -0.39 is 5.82 Å². The molecule has 0 aromatic heterocycles. The molecule has 116 valence electrons. The highest BCUT2D eigenvalue weighted by Gasteiger charge is 2.26. The summed E-state index contributed by atoms with van der Waals surface area (Å²) < 4.78 is 13.8. The zero-order valence-corrected chi connectivity index (χ0v) is 13.2. The van der Waals surface area contributed by atoms with Crippen LogP contribution < -0.4 is 5.73 Å². The molecule has 1 aromatic rings. The third-order valence-electron chi connectivity index (χ3n) is 4.89. The Morgan fingerprint density at radius 2 is 1.95 bits per heavy atom. The molecule has 0 unspecified atom stereocenters. The summed E-state index contributed by atoms with van der Waals surface area (Å²) in [6.45, 7) is 3.84. The number of anilines is 1. The van der Waals surface area contributed by atoms with E-state index in [2.05, 4.69) is 6.92 Å². The largest absolute Gasteiger partial charge is 0.398 e. The van der Waals surface area contributed by atoms with Crippen LogP contribution in [0, 0.1) is 18.7 Å². The van der Waals surface area contributed by atoms with Gasteiger partial charge in [-0.05, 0) is 50.7 Å². The van der Waals surface area contributed by atoms with Crippen molar-refractivity contribution in [2.24, 2.45) is 5.92 Å². The first kappa shape index (κ1) is 15.8. The molecule has 3 nitrogen and oxygen atoms in total. The molecule has 0 spiro atoms. The van der Waals surface area contributed by atoms with Crippen molar-refractivity contribution in [3.8, 4) is 0 Å². The summed E-state index contributed by atoms with van der Waals surface area (Å²) in [4.78, 5) is 14.3. The molecular weight excluding hydrogens is 267 g/mol. The average Bonchev–Trinajstić information content (AvgIpc) is 2.50. The molecule has 0 aliphatic heterocycles. The van der Waals surface area contributed by atoms with Crippen LogP contribution in [0.3, 0.4) is 0 Å². The van der Waals surface area contributed by atoms with Gasteiger partial charge in [-0.2, -0.15) is 0 Å². The van der Waals surface area contributed by atoms with Crippen molar-refractivity contribution in [3.05, 3.63) is 29.1 Å². The molecule has 1 fully saturated rings. The SMILES string of the molecule is CCC1CCC(N(C)C(=O)c2cc(N)c(C)c(F)c2)CC1. The minimum absolute atomic E-state index is 0.138. The molecule has 1 aliphatic carbocycles. The molecule has 1 saturated carbocycles. The quantitative estimate of drug-likeness (QED) is 0.862. The van der Waals surface area contributed by atoms with Crippen molar-refractivity contribution in [1.29, 1.82) is 0 Å². The predicted molar refractivity (Wildman–Crippen MR) is 83.7 cm³/mol. The summed E-state index contributed by atoms with van der Waals surface area (Å²) in [5.74, 6) is 0.235. The van der Waals surface area contributed by atoms with Gasteiger partial charge in [-0.15, -0.1) is 0 Å². The fraction of sp³-hybridized carbons (Fsp3) is 0.588. The molecule has 1 aromatic carbocycles. The average molecular weight is 292 g/mol. The Kier molecular flexibility index (Phi) is 4.86. The lowest BCUT2D eigenvalue weighted by atomic mass is 9.84. The standard InChI is InChI=1S/C17H25FN2O/c1-4-12-5-7-14(8-6-12)20(3)17(21)13-9-15(18)11(2)16(19)10-13/h9-10,12,14H,4-8,19H2,1-3H3. The van der Waals surface area contributed by atoms with Gasteiger partial charge in [0.05, 0.1) is 0 Å². The highest BCUT2D eigenvalue weighted by atomic mass is 19.1. The lowest BCUT2D eigenvalue weighted by Crippen LogP contribution is -2.39. The Morgan fingerprint density at radius 3 is 2.48 bits per heavy atom. The molecule has 0 saturated heterocycles. The third-order valence-corrected chi connectivity index (χ3v) is 4.89. The first-order valence-electron chi connectivity index (χ1n) is 7.76.